The fourth-order valence-corrected chi connectivity index (χ4v) is 3.30. The fourth-order valence-electron chi connectivity index (χ4n) is 1.70. The highest BCUT2D eigenvalue weighted by Gasteiger charge is 2.07. The molecule has 3 aromatic heterocycles. The van der Waals surface area contributed by atoms with Gasteiger partial charge in [0.1, 0.15) is 0 Å². The average molecular weight is 288 g/mol. The summed E-state index contributed by atoms with van der Waals surface area (Å²) in [6, 6.07) is 8.06. The second-order valence-electron chi connectivity index (χ2n) is 3.79. The van der Waals surface area contributed by atoms with E-state index in [2.05, 4.69) is 31.9 Å². The lowest BCUT2D eigenvalue weighted by Crippen LogP contribution is -2.11. The van der Waals surface area contributed by atoms with Gasteiger partial charge in [-0.1, -0.05) is 6.07 Å². The molecule has 1 N–H and O–H groups in total. The van der Waals surface area contributed by atoms with Crippen LogP contribution in [0.25, 0.3) is 10.6 Å². The summed E-state index contributed by atoms with van der Waals surface area (Å²) < 4.78 is 1.87. The van der Waals surface area contributed by atoms with E-state index in [9.17, 15) is 0 Å². The number of aromatic nitrogens is 2. The van der Waals surface area contributed by atoms with Crippen LogP contribution in [0.2, 0.25) is 0 Å². The van der Waals surface area contributed by atoms with Crippen LogP contribution in [0.3, 0.4) is 0 Å². The molecule has 0 spiro atoms. The molecule has 4 nitrogen and oxygen atoms in total. The van der Waals surface area contributed by atoms with Crippen LogP contribution in [0.15, 0.2) is 51.3 Å². The van der Waals surface area contributed by atoms with E-state index in [0.717, 1.165) is 16.2 Å². The lowest BCUT2D eigenvalue weighted by molar-refractivity contribution is 0.849. The molecule has 0 bridgehead atoms. The number of rotatable bonds is 3. The van der Waals surface area contributed by atoms with Crippen LogP contribution in [0.4, 0.5) is 0 Å². The van der Waals surface area contributed by atoms with Crippen molar-refractivity contribution in [3.05, 3.63) is 51.7 Å². The Morgan fingerprint density at radius 1 is 1.26 bits per heavy atom. The van der Waals surface area contributed by atoms with Crippen molar-refractivity contribution in [2.75, 3.05) is 7.05 Å². The normalized spacial score (nSPS) is 12.6. The Bertz CT molecular complexity index is 730. The fraction of sp³-hybridized carbons (Fsp3) is 0.0769. The van der Waals surface area contributed by atoms with E-state index >= 15 is 0 Å². The predicted octanol–water partition coefficient (Wildman–Crippen LogP) is 3.02. The monoisotopic (exact) mass is 288 g/mol. The van der Waals surface area contributed by atoms with Gasteiger partial charge in [0.2, 0.25) is 4.80 Å². The van der Waals surface area contributed by atoms with E-state index in [1.54, 1.807) is 35.9 Å². The van der Waals surface area contributed by atoms with Crippen LogP contribution in [0, 0.1) is 0 Å². The van der Waals surface area contributed by atoms with Gasteiger partial charge in [-0.05, 0) is 23.6 Å². The van der Waals surface area contributed by atoms with Crippen LogP contribution in [0.5, 0.6) is 0 Å². The first-order valence-corrected chi connectivity index (χ1v) is 7.49. The molecule has 0 radical (unpaired) electrons. The minimum absolute atomic E-state index is 0.881. The van der Waals surface area contributed by atoms with Crippen molar-refractivity contribution < 1.29 is 0 Å². The second kappa shape index (κ2) is 5.38. The Morgan fingerprint density at radius 2 is 2.21 bits per heavy atom. The molecule has 0 saturated carbocycles. The molecule has 0 saturated heterocycles. The molecule has 0 unspecified atom stereocenters. The minimum atomic E-state index is 0.881. The highest BCUT2D eigenvalue weighted by Crippen LogP contribution is 2.24. The molecule has 0 fully saturated rings. The molecule has 0 atom stereocenters. The highest BCUT2D eigenvalue weighted by atomic mass is 32.1. The van der Waals surface area contributed by atoms with Crippen molar-refractivity contribution in [1.29, 1.82) is 0 Å². The smallest absolute Gasteiger partial charge is 0.205 e. The Kier molecular flexibility index (Phi) is 3.43. The molecular formula is C13H12N4S2. The lowest BCUT2D eigenvalue weighted by atomic mass is 10.4. The maximum atomic E-state index is 4.52. The van der Waals surface area contributed by atoms with Crippen molar-refractivity contribution >= 4 is 28.9 Å². The van der Waals surface area contributed by atoms with Crippen molar-refractivity contribution in [2.24, 2.45) is 10.1 Å². The molecule has 6 heteroatoms. The Hall–Kier alpha value is -1.92. The standard InChI is InChI=1S/C13H12N4S2/c1-14-13-17(16-8-10-4-2-6-15-10)11(9-19-13)12-5-3-7-18-12/h2-9,15H,1H3/b14-13?,16-8+. The number of H-pyrrole nitrogens is 1. The Balaban J connectivity index is 2.06. The number of thiazole rings is 1. The predicted molar refractivity (Wildman–Crippen MR) is 80.9 cm³/mol. The first-order valence-electron chi connectivity index (χ1n) is 5.73. The maximum Gasteiger partial charge on any atom is 0.205 e. The van der Waals surface area contributed by atoms with Crippen molar-refractivity contribution in [3.8, 4) is 10.6 Å². The summed E-state index contributed by atoms with van der Waals surface area (Å²) in [4.78, 5) is 9.44. The van der Waals surface area contributed by atoms with Gasteiger partial charge in [0.15, 0.2) is 0 Å². The Labute approximate surface area is 118 Å². The summed E-state index contributed by atoms with van der Waals surface area (Å²) >= 11 is 3.29. The highest BCUT2D eigenvalue weighted by molar-refractivity contribution is 7.14. The molecule has 96 valence electrons. The second-order valence-corrected chi connectivity index (χ2v) is 5.57. The van der Waals surface area contributed by atoms with E-state index in [-0.39, 0.29) is 0 Å². The van der Waals surface area contributed by atoms with Crippen molar-refractivity contribution in [1.82, 2.24) is 9.66 Å². The summed E-state index contributed by atoms with van der Waals surface area (Å²) in [7, 11) is 1.78. The molecule has 19 heavy (non-hydrogen) atoms. The topological polar surface area (TPSA) is 45.4 Å². The molecule has 0 aliphatic heterocycles. The van der Waals surface area contributed by atoms with Gasteiger partial charge in [0.25, 0.3) is 0 Å². The van der Waals surface area contributed by atoms with E-state index in [0.29, 0.717) is 0 Å². The number of hydrogen-bond acceptors (Lipinski definition) is 4. The number of nitrogens with zero attached hydrogens (tertiary/aromatic N) is 3. The van der Waals surface area contributed by atoms with Gasteiger partial charge in [-0.15, -0.1) is 22.7 Å². The Morgan fingerprint density at radius 3 is 2.89 bits per heavy atom. The van der Waals surface area contributed by atoms with Gasteiger partial charge in [-0.3, -0.25) is 4.99 Å². The lowest BCUT2D eigenvalue weighted by Gasteiger charge is -1.99. The number of aromatic amines is 1. The SMILES string of the molecule is CN=c1scc(-c2cccs2)n1/N=C/c1ccc[nH]1. The maximum absolute atomic E-state index is 4.52. The van der Waals surface area contributed by atoms with Crippen LogP contribution >= 0.6 is 22.7 Å². The molecular weight excluding hydrogens is 276 g/mol. The first kappa shape index (κ1) is 12.1. The van der Waals surface area contributed by atoms with Gasteiger partial charge < -0.3 is 4.98 Å². The molecule has 0 amide bonds. The van der Waals surface area contributed by atoms with Crippen LogP contribution < -0.4 is 4.80 Å². The third kappa shape index (κ3) is 2.45. The molecule has 3 rings (SSSR count). The zero-order valence-corrected chi connectivity index (χ0v) is 11.9. The minimum Gasteiger partial charge on any atom is -0.360 e. The summed E-state index contributed by atoms with van der Waals surface area (Å²) in [6.07, 6.45) is 3.68. The van der Waals surface area contributed by atoms with Crippen molar-refractivity contribution in [3.63, 3.8) is 0 Å². The summed E-state index contributed by atoms with van der Waals surface area (Å²) in [5.41, 5.74) is 2.04. The first-order chi connectivity index (χ1) is 9.38. The molecule has 3 aromatic rings. The van der Waals surface area contributed by atoms with Gasteiger partial charge in [-0.2, -0.15) is 5.10 Å². The molecule has 0 aromatic carbocycles. The third-order valence-electron chi connectivity index (χ3n) is 2.58. The van der Waals surface area contributed by atoms with Crippen LogP contribution in [-0.2, 0) is 0 Å². The van der Waals surface area contributed by atoms with E-state index in [1.165, 1.54) is 4.88 Å². The van der Waals surface area contributed by atoms with Gasteiger partial charge in [-0.25, -0.2) is 4.68 Å². The van der Waals surface area contributed by atoms with Crippen molar-refractivity contribution in [2.45, 2.75) is 0 Å². The number of hydrogen-bond donors (Lipinski definition) is 1. The summed E-state index contributed by atoms with van der Waals surface area (Å²) in [5, 5.41) is 8.67. The molecule has 3 heterocycles. The number of nitrogens with one attached hydrogen (secondary N) is 1. The summed E-state index contributed by atoms with van der Waals surface area (Å²) in [6.45, 7) is 0. The zero-order valence-electron chi connectivity index (χ0n) is 10.3. The summed E-state index contributed by atoms with van der Waals surface area (Å²) in [5.74, 6) is 0. The zero-order chi connectivity index (χ0) is 13.1. The number of thiophene rings is 1. The molecule has 0 aliphatic carbocycles. The van der Waals surface area contributed by atoms with Crippen LogP contribution in [-0.4, -0.2) is 22.9 Å². The van der Waals surface area contributed by atoms with E-state index in [1.807, 2.05) is 29.1 Å². The van der Waals surface area contributed by atoms with Gasteiger partial charge in [0.05, 0.1) is 22.5 Å². The van der Waals surface area contributed by atoms with E-state index in [4.69, 9.17) is 0 Å². The van der Waals surface area contributed by atoms with Gasteiger partial charge >= 0.3 is 0 Å². The quantitative estimate of drug-likeness (QED) is 0.720. The molecule has 0 aliphatic rings. The van der Waals surface area contributed by atoms with Gasteiger partial charge in [0, 0.05) is 18.6 Å². The largest absolute Gasteiger partial charge is 0.360 e. The van der Waals surface area contributed by atoms with Crippen LogP contribution in [0.1, 0.15) is 5.69 Å². The average Bonchev–Trinajstić information content (AvgIpc) is 3.16. The van der Waals surface area contributed by atoms with E-state index < -0.39 is 0 Å². The third-order valence-corrected chi connectivity index (χ3v) is 4.38.